The van der Waals surface area contributed by atoms with Crippen molar-refractivity contribution in [1.82, 2.24) is 4.98 Å². The molecule has 0 fully saturated rings. The van der Waals surface area contributed by atoms with Gasteiger partial charge in [-0.1, -0.05) is 34.8 Å². The first-order valence-electron chi connectivity index (χ1n) is 6.82. The van der Waals surface area contributed by atoms with Gasteiger partial charge in [-0.25, -0.2) is 4.98 Å². The molecule has 1 aromatic carbocycles. The van der Waals surface area contributed by atoms with E-state index in [0.717, 1.165) is 6.07 Å². The number of benzene rings is 1. The van der Waals surface area contributed by atoms with Gasteiger partial charge < -0.3 is 9.47 Å². The summed E-state index contributed by atoms with van der Waals surface area (Å²) < 4.78 is 48.8. The number of hydrogen-bond donors (Lipinski definition) is 0. The summed E-state index contributed by atoms with van der Waals surface area (Å²) in [6.07, 6.45) is -2.38. The summed E-state index contributed by atoms with van der Waals surface area (Å²) in [5, 5.41) is -0.239. The Labute approximate surface area is 156 Å². The van der Waals surface area contributed by atoms with E-state index in [2.05, 4.69) is 4.98 Å². The van der Waals surface area contributed by atoms with Gasteiger partial charge in [-0.3, -0.25) is 0 Å². The molecule has 0 unspecified atom stereocenters. The molecule has 0 amide bonds. The van der Waals surface area contributed by atoms with Crippen LogP contribution in [0.15, 0.2) is 41.0 Å². The number of aryl methyl sites for hydroxylation is 1. The molecule has 1 aromatic heterocycles. The molecule has 0 aliphatic rings. The van der Waals surface area contributed by atoms with Crippen LogP contribution in [-0.4, -0.2) is 11.6 Å². The summed E-state index contributed by atoms with van der Waals surface area (Å²) in [7, 11) is 0. The molecular weight excluding hydrogens is 402 g/mol. The molecule has 0 spiro atoms. The molecule has 3 nitrogen and oxygen atoms in total. The largest absolute Gasteiger partial charge is 0.489 e. The summed E-state index contributed by atoms with van der Waals surface area (Å²) in [6, 6.07) is 5.66. The van der Waals surface area contributed by atoms with E-state index in [-0.39, 0.29) is 22.0 Å². The van der Waals surface area contributed by atoms with Crippen molar-refractivity contribution in [3.8, 4) is 17.4 Å². The molecule has 0 N–H and O–H groups in total. The van der Waals surface area contributed by atoms with Crippen LogP contribution in [-0.2, 0) is 6.18 Å². The lowest BCUT2D eigenvalue weighted by Crippen LogP contribution is -2.06. The van der Waals surface area contributed by atoms with Crippen molar-refractivity contribution < 1.29 is 22.6 Å². The molecule has 0 aliphatic carbocycles. The van der Waals surface area contributed by atoms with E-state index in [1.165, 1.54) is 6.08 Å². The predicted octanol–water partition coefficient (Wildman–Crippen LogP) is 6.55. The second-order valence-electron chi connectivity index (χ2n) is 4.84. The quantitative estimate of drug-likeness (QED) is 0.558. The maximum atomic E-state index is 12.6. The summed E-state index contributed by atoms with van der Waals surface area (Å²) >= 11 is 16.8. The molecule has 2 aromatic rings. The number of ether oxygens (including phenoxy) is 2. The van der Waals surface area contributed by atoms with Crippen molar-refractivity contribution >= 4 is 34.8 Å². The third-order valence-corrected chi connectivity index (χ3v) is 3.55. The van der Waals surface area contributed by atoms with Crippen LogP contribution < -0.4 is 9.47 Å². The Balaban J connectivity index is 2.14. The summed E-state index contributed by atoms with van der Waals surface area (Å²) in [6.45, 7) is 1.93. The second-order valence-corrected chi connectivity index (χ2v) is 6.26. The lowest BCUT2D eigenvalue weighted by molar-refractivity contribution is -0.137. The van der Waals surface area contributed by atoms with Crippen LogP contribution in [0, 0.1) is 6.92 Å². The minimum atomic E-state index is -4.52. The third-order valence-electron chi connectivity index (χ3n) is 2.98. The van der Waals surface area contributed by atoms with Crippen LogP contribution >= 0.6 is 34.8 Å². The standard InChI is InChI=1S/C16H11Cl3F3NO2/c1-9-6-11(24-5-4-14(18)19)2-3-13(9)25-15-12(17)7-10(8-23-15)16(20,21)22/h2-4,6-8H,5H2,1H3. The number of pyridine rings is 1. The monoisotopic (exact) mass is 411 g/mol. The fraction of sp³-hybridized carbons (Fsp3) is 0.188. The van der Waals surface area contributed by atoms with E-state index in [4.69, 9.17) is 44.3 Å². The van der Waals surface area contributed by atoms with Crippen LogP contribution in [0.2, 0.25) is 5.02 Å². The van der Waals surface area contributed by atoms with Gasteiger partial charge in [-0.2, -0.15) is 13.2 Å². The maximum Gasteiger partial charge on any atom is 0.417 e. The first-order valence-corrected chi connectivity index (χ1v) is 7.95. The number of halogens is 6. The lowest BCUT2D eigenvalue weighted by atomic mass is 10.2. The lowest BCUT2D eigenvalue weighted by Gasteiger charge is -2.12. The van der Waals surface area contributed by atoms with Crippen LogP contribution in [0.5, 0.6) is 17.4 Å². The Morgan fingerprint density at radius 3 is 2.52 bits per heavy atom. The normalized spacial score (nSPS) is 11.2. The zero-order chi connectivity index (χ0) is 18.6. The smallest absolute Gasteiger partial charge is 0.417 e. The second kappa shape index (κ2) is 8.17. The number of rotatable bonds is 5. The van der Waals surface area contributed by atoms with Gasteiger partial charge in [-0.05, 0) is 42.8 Å². The van der Waals surface area contributed by atoms with Gasteiger partial charge in [-0.15, -0.1) is 0 Å². The van der Waals surface area contributed by atoms with Gasteiger partial charge >= 0.3 is 6.18 Å². The van der Waals surface area contributed by atoms with Crippen molar-refractivity contribution in [2.24, 2.45) is 0 Å². The molecule has 1 heterocycles. The Morgan fingerprint density at radius 2 is 1.96 bits per heavy atom. The topological polar surface area (TPSA) is 31.4 Å². The first-order chi connectivity index (χ1) is 11.7. The highest BCUT2D eigenvalue weighted by Gasteiger charge is 2.31. The fourth-order valence-electron chi connectivity index (χ4n) is 1.79. The molecule has 0 radical (unpaired) electrons. The molecule has 9 heteroatoms. The van der Waals surface area contributed by atoms with E-state index >= 15 is 0 Å². The van der Waals surface area contributed by atoms with Crippen LogP contribution in [0.4, 0.5) is 13.2 Å². The van der Waals surface area contributed by atoms with E-state index < -0.39 is 11.7 Å². The SMILES string of the molecule is Cc1cc(OCC=C(Cl)Cl)ccc1Oc1ncc(C(F)(F)F)cc1Cl. The Bertz CT molecular complexity index is 791. The zero-order valence-corrected chi connectivity index (χ0v) is 15.0. The Morgan fingerprint density at radius 1 is 1.24 bits per heavy atom. The summed E-state index contributed by atoms with van der Waals surface area (Å²) in [5.74, 6) is 0.804. The third kappa shape index (κ3) is 5.70. The predicted molar refractivity (Wildman–Crippen MR) is 90.8 cm³/mol. The molecule has 0 saturated carbocycles. The zero-order valence-electron chi connectivity index (χ0n) is 12.7. The van der Waals surface area contributed by atoms with Crippen molar-refractivity contribution in [2.75, 3.05) is 6.61 Å². The molecule has 0 saturated heterocycles. The van der Waals surface area contributed by atoms with Gasteiger partial charge in [0.05, 0.1) is 5.56 Å². The van der Waals surface area contributed by atoms with E-state index in [1.807, 2.05) is 0 Å². The van der Waals surface area contributed by atoms with E-state index in [0.29, 0.717) is 23.3 Å². The van der Waals surface area contributed by atoms with Crippen molar-refractivity contribution in [2.45, 2.75) is 13.1 Å². The molecule has 0 aliphatic heterocycles. The van der Waals surface area contributed by atoms with Gasteiger partial charge in [0, 0.05) is 6.20 Å². The minimum absolute atomic E-state index is 0.0969. The molecule has 25 heavy (non-hydrogen) atoms. The van der Waals surface area contributed by atoms with Crippen LogP contribution in [0.1, 0.15) is 11.1 Å². The van der Waals surface area contributed by atoms with Crippen molar-refractivity contribution in [3.63, 3.8) is 0 Å². The number of nitrogens with zero attached hydrogens (tertiary/aromatic N) is 1. The Kier molecular flexibility index (Phi) is 6.43. The summed E-state index contributed by atoms with van der Waals surface area (Å²) in [4.78, 5) is 3.63. The maximum absolute atomic E-state index is 12.6. The van der Waals surface area contributed by atoms with E-state index in [1.54, 1.807) is 25.1 Å². The highest BCUT2D eigenvalue weighted by Crippen LogP contribution is 2.35. The molecule has 134 valence electrons. The van der Waals surface area contributed by atoms with Crippen LogP contribution in [0.25, 0.3) is 0 Å². The fourth-order valence-corrected chi connectivity index (χ4v) is 2.12. The van der Waals surface area contributed by atoms with Gasteiger partial charge in [0.15, 0.2) is 0 Å². The molecule has 2 rings (SSSR count). The average molecular weight is 413 g/mol. The Hall–Kier alpha value is -1.63. The highest BCUT2D eigenvalue weighted by atomic mass is 35.5. The molecule has 0 atom stereocenters. The highest BCUT2D eigenvalue weighted by molar-refractivity contribution is 6.55. The average Bonchev–Trinajstić information content (AvgIpc) is 2.50. The van der Waals surface area contributed by atoms with Gasteiger partial charge in [0.1, 0.15) is 27.6 Å². The molecule has 0 bridgehead atoms. The minimum Gasteiger partial charge on any atom is -0.489 e. The van der Waals surface area contributed by atoms with Gasteiger partial charge in [0.25, 0.3) is 0 Å². The van der Waals surface area contributed by atoms with Crippen LogP contribution in [0.3, 0.4) is 0 Å². The molecular formula is C16H11Cl3F3NO2. The van der Waals surface area contributed by atoms with Crippen molar-refractivity contribution in [1.29, 1.82) is 0 Å². The number of alkyl halides is 3. The first kappa shape index (κ1) is 19.7. The number of aromatic nitrogens is 1. The van der Waals surface area contributed by atoms with Gasteiger partial charge in [0.2, 0.25) is 5.88 Å². The summed E-state index contributed by atoms with van der Waals surface area (Å²) in [5.41, 5.74) is -0.271. The number of hydrogen-bond acceptors (Lipinski definition) is 3. The van der Waals surface area contributed by atoms with Crippen molar-refractivity contribution in [3.05, 3.63) is 57.2 Å². The van der Waals surface area contributed by atoms with E-state index in [9.17, 15) is 13.2 Å².